The zero-order valence-electron chi connectivity index (χ0n) is 18.8. The molecule has 7 heteroatoms. The largest absolute Gasteiger partial charge is 0.325 e. The summed E-state index contributed by atoms with van der Waals surface area (Å²) in [5, 5.41) is 3.74. The summed E-state index contributed by atoms with van der Waals surface area (Å²) in [4.78, 5) is 30.9. The van der Waals surface area contributed by atoms with E-state index in [0.29, 0.717) is 6.54 Å². The van der Waals surface area contributed by atoms with E-state index < -0.39 is 0 Å². The van der Waals surface area contributed by atoms with Crippen molar-refractivity contribution in [1.82, 2.24) is 9.55 Å². The third-order valence-corrected chi connectivity index (χ3v) is 6.74. The highest BCUT2D eigenvalue weighted by Gasteiger charge is 2.22. The first kappa shape index (κ1) is 22.0. The van der Waals surface area contributed by atoms with Crippen LogP contribution in [0, 0.1) is 0 Å². The smallest absolute Gasteiger partial charge is 0.234 e. The summed E-state index contributed by atoms with van der Waals surface area (Å²) >= 11 is 1.40. The van der Waals surface area contributed by atoms with Gasteiger partial charge in [0.25, 0.3) is 0 Å². The highest BCUT2D eigenvalue weighted by atomic mass is 32.2. The predicted octanol–water partition coefficient (Wildman–Crippen LogP) is 5.18. The van der Waals surface area contributed by atoms with Gasteiger partial charge in [0.15, 0.2) is 5.16 Å². The number of aromatic nitrogens is 2. The van der Waals surface area contributed by atoms with E-state index in [2.05, 4.69) is 27.0 Å². The molecule has 34 heavy (non-hydrogen) atoms. The van der Waals surface area contributed by atoms with Crippen LogP contribution in [0.2, 0.25) is 0 Å². The Morgan fingerprint density at radius 1 is 1.00 bits per heavy atom. The molecule has 1 aliphatic heterocycles. The van der Waals surface area contributed by atoms with Gasteiger partial charge in [-0.05, 0) is 42.3 Å². The highest BCUT2D eigenvalue weighted by molar-refractivity contribution is 7.99. The summed E-state index contributed by atoms with van der Waals surface area (Å²) < 4.78 is 2.08. The molecule has 1 aliphatic rings. The summed E-state index contributed by atoms with van der Waals surface area (Å²) in [6, 6.07) is 25.9. The molecule has 2 amide bonds. The number of carbonyl (C=O) groups excluding carboxylic acids is 2. The second kappa shape index (κ2) is 9.57. The van der Waals surface area contributed by atoms with E-state index in [1.165, 1.54) is 11.8 Å². The number of fused-ring (bicyclic) bond motifs is 1. The number of nitrogens with one attached hydrogen (secondary N) is 1. The molecule has 0 fully saturated rings. The lowest BCUT2D eigenvalue weighted by Crippen LogP contribution is -2.25. The maximum absolute atomic E-state index is 12.7. The van der Waals surface area contributed by atoms with Crippen LogP contribution in [-0.4, -0.2) is 33.7 Å². The van der Waals surface area contributed by atoms with Gasteiger partial charge in [-0.1, -0.05) is 60.3 Å². The molecular formula is C27H24N4O2S. The molecule has 6 nitrogen and oxygen atoms in total. The van der Waals surface area contributed by atoms with Crippen LogP contribution in [0.25, 0.3) is 16.9 Å². The second-order valence-corrected chi connectivity index (χ2v) is 9.01. The third kappa shape index (κ3) is 4.47. The lowest BCUT2D eigenvalue weighted by Gasteiger charge is -2.15. The summed E-state index contributed by atoms with van der Waals surface area (Å²) in [6.45, 7) is 2.26. The van der Waals surface area contributed by atoms with Crippen molar-refractivity contribution >= 4 is 35.0 Å². The minimum atomic E-state index is -0.102. The standard InChI is InChI=1S/C27H24N4O2S/c1-19(32)30-15-14-21-16-22(12-13-24(21)30)29-26(33)18-34-27-28-17-25(20-8-4-2-5-9-20)31(27)23-10-6-3-7-11-23/h2-13,16-17H,14-15,18H2,1H3,(H,29,33). The molecule has 2 heterocycles. The van der Waals surface area contributed by atoms with Crippen molar-refractivity contribution in [3.8, 4) is 16.9 Å². The summed E-state index contributed by atoms with van der Waals surface area (Å²) in [6.07, 6.45) is 2.65. The molecular weight excluding hydrogens is 444 g/mol. The Morgan fingerprint density at radius 3 is 2.47 bits per heavy atom. The highest BCUT2D eigenvalue weighted by Crippen LogP contribution is 2.32. The molecule has 5 rings (SSSR count). The van der Waals surface area contributed by atoms with Crippen molar-refractivity contribution in [3.63, 3.8) is 0 Å². The molecule has 1 aromatic heterocycles. The van der Waals surface area contributed by atoms with Crippen LogP contribution in [-0.2, 0) is 16.0 Å². The molecule has 0 aliphatic carbocycles. The van der Waals surface area contributed by atoms with Gasteiger partial charge >= 0.3 is 0 Å². The molecule has 0 bridgehead atoms. The minimum absolute atomic E-state index is 0.0377. The van der Waals surface area contributed by atoms with Crippen LogP contribution in [0.4, 0.5) is 11.4 Å². The number of anilines is 2. The molecule has 0 spiro atoms. The SMILES string of the molecule is CC(=O)N1CCc2cc(NC(=O)CSc3ncc(-c4ccccc4)n3-c3ccccc3)ccc21. The van der Waals surface area contributed by atoms with Gasteiger partial charge in [-0.3, -0.25) is 14.2 Å². The van der Waals surface area contributed by atoms with Gasteiger partial charge in [0, 0.05) is 36.1 Å². The van der Waals surface area contributed by atoms with Crippen LogP contribution in [0.5, 0.6) is 0 Å². The van der Waals surface area contributed by atoms with E-state index in [4.69, 9.17) is 0 Å². The Kier molecular flexibility index (Phi) is 6.18. The summed E-state index contributed by atoms with van der Waals surface area (Å²) in [5.74, 6) is 0.167. The monoisotopic (exact) mass is 468 g/mol. The number of carbonyl (C=O) groups is 2. The number of rotatable bonds is 6. The third-order valence-electron chi connectivity index (χ3n) is 5.78. The number of thioether (sulfide) groups is 1. The van der Waals surface area contributed by atoms with Gasteiger partial charge < -0.3 is 10.2 Å². The zero-order valence-corrected chi connectivity index (χ0v) is 19.6. The first-order chi connectivity index (χ1) is 16.6. The fraction of sp³-hybridized carbons (Fsp3) is 0.148. The van der Waals surface area contributed by atoms with Gasteiger partial charge in [-0.15, -0.1) is 0 Å². The molecule has 3 aromatic carbocycles. The van der Waals surface area contributed by atoms with Crippen molar-refractivity contribution in [2.75, 3.05) is 22.5 Å². The molecule has 4 aromatic rings. The minimum Gasteiger partial charge on any atom is -0.325 e. The number of nitrogens with zero attached hydrogens (tertiary/aromatic N) is 3. The van der Waals surface area contributed by atoms with Crippen molar-refractivity contribution < 1.29 is 9.59 Å². The van der Waals surface area contributed by atoms with E-state index in [1.807, 2.05) is 72.9 Å². The Balaban J connectivity index is 1.32. The summed E-state index contributed by atoms with van der Waals surface area (Å²) in [5.41, 5.74) is 5.78. The van der Waals surface area contributed by atoms with Crippen LogP contribution in [0.3, 0.4) is 0 Å². The van der Waals surface area contributed by atoms with Crippen molar-refractivity contribution in [2.45, 2.75) is 18.5 Å². The molecule has 0 saturated carbocycles. The van der Waals surface area contributed by atoms with Gasteiger partial charge in [-0.2, -0.15) is 0 Å². The van der Waals surface area contributed by atoms with E-state index >= 15 is 0 Å². The van der Waals surface area contributed by atoms with Crippen LogP contribution < -0.4 is 10.2 Å². The topological polar surface area (TPSA) is 67.2 Å². The fourth-order valence-corrected chi connectivity index (χ4v) is 5.00. The number of hydrogen-bond donors (Lipinski definition) is 1. The van der Waals surface area contributed by atoms with Crippen molar-refractivity contribution in [2.24, 2.45) is 0 Å². The quantitative estimate of drug-likeness (QED) is 0.396. The van der Waals surface area contributed by atoms with E-state index in [-0.39, 0.29) is 17.6 Å². The first-order valence-electron chi connectivity index (χ1n) is 11.1. The van der Waals surface area contributed by atoms with Crippen molar-refractivity contribution in [3.05, 3.63) is 90.6 Å². The number of benzene rings is 3. The van der Waals surface area contributed by atoms with E-state index in [1.54, 1.807) is 11.8 Å². The number of hydrogen-bond acceptors (Lipinski definition) is 4. The molecule has 0 unspecified atom stereocenters. The number of imidazole rings is 1. The van der Waals surface area contributed by atoms with Gasteiger partial charge in [0.1, 0.15) is 0 Å². The molecule has 0 atom stereocenters. The fourth-order valence-electron chi connectivity index (χ4n) is 4.21. The Morgan fingerprint density at radius 2 is 1.74 bits per heavy atom. The maximum Gasteiger partial charge on any atom is 0.234 e. The first-order valence-corrected chi connectivity index (χ1v) is 12.1. The molecule has 0 saturated heterocycles. The summed E-state index contributed by atoms with van der Waals surface area (Å²) in [7, 11) is 0. The zero-order chi connectivity index (χ0) is 23.5. The number of amides is 2. The molecule has 1 N–H and O–H groups in total. The van der Waals surface area contributed by atoms with Gasteiger partial charge in [0.2, 0.25) is 11.8 Å². The lowest BCUT2D eigenvalue weighted by atomic mass is 10.1. The second-order valence-electron chi connectivity index (χ2n) is 8.06. The Hall–Kier alpha value is -3.84. The predicted molar refractivity (Wildman–Crippen MR) is 137 cm³/mol. The average molecular weight is 469 g/mol. The van der Waals surface area contributed by atoms with Crippen LogP contribution >= 0.6 is 11.8 Å². The Bertz CT molecular complexity index is 1340. The lowest BCUT2D eigenvalue weighted by molar-refractivity contribution is -0.116. The van der Waals surface area contributed by atoms with Crippen molar-refractivity contribution in [1.29, 1.82) is 0 Å². The Labute approximate surface area is 202 Å². The van der Waals surface area contributed by atoms with Crippen LogP contribution in [0.15, 0.2) is 90.2 Å². The van der Waals surface area contributed by atoms with E-state index in [0.717, 1.165) is 45.5 Å². The maximum atomic E-state index is 12.7. The molecule has 170 valence electrons. The number of para-hydroxylation sites is 1. The van der Waals surface area contributed by atoms with Gasteiger partial charge in [-0.25, -0.2) is 4.98 Å². The normalized spacial score (nSPS) is 12.4. The average Bonchev–Trinajstić information content (AvgIpc) is 3.48. The van der Waals surface area contributed by atoms with E-state index in [9.17, 15) is 9.59 Å². The van der Waals surface area contributed by atoms with Crippen LogP contribution in [0.1, 0.15) is 12.5 Å². The van der Waals surface area contributed by atoms with Gasteiger partial charge in [0.05, 0.1) is 17.6 Å². The molecule has 0 radical (unpaired) electrons.